The van der Waals surface area contributed by atoms with E-state index in [2.05, 4.69) is 4.98 Å². The van der Waals surface area contributed by atoms with Gasteiger partial charge in [0, 0.05) is 49.4 Å². The number of nitrogens with two attached hydrogens (primary N) is 1. The standard InChI is InChI=1S/C28H27F2N5O2/c29-28(30)15-19(16-28)27(36)34-14-4-5-18(17-34)24-23-12-13-32-26(31)25(23)35(33-24)20-8-10-22(11-9-20)37-21-6-2-1-3-7-21/h1-3,6-13,18-19H,4-5,14-17H2,(H2,31,32)/t18-/m1/s1. The Morgan fingerprint density at radius 2 is 1.76 bits per heavy atom. The van der Waals surface area contributed by atoms with Crippen molar-refractivity contribution in [2.75, 3.05) is 18.8 Å². The molecule has 2 aliphatic rings. The van der Waals surface area contributed by atoms with Gasteiger partial charge in [-0.25, -0.2) is 18.4 Å². The number of aromatic nitrogens is 3. The van der Waals surface area contributed by atoms with Gasteiger partial charge in [-0.15, -0.1) is 0 Å². The lowest BCUT2D eigenvalue weighted by atomic mass is 9.79. The minimum Gasteiger partial charge on any atom is -0.457 e. The van der Waals surface area contributed by atoms with E-state index in [4.69, 9.17) is 15.6 Å². The van der Waals surface area contributed by atoms with Gasteiger partial charge in [0.2, 0.25) is 11.8 Å². The molecule has 1 aliphatic heterocycles. The zero-order valence-electron chi connectivity index (χ0n) is 20.2. The highest BCUT2D eigenvalue weighted by molar-refractivity contribution is 5.91. The fourth-order valence-corrected chi connectivity index (χ4v) is 5.37. The van der Waals surface area contributed by atoms with Crippen LogP contribution in [0.25, 0.3) is 16.6 Å². The van der Waals surface area contributed by atoms with Crippen LogP contribution in [0.5, 0.6) is 11.5 Å². The topological polar surface area (TPSA) is 86.3 Å². The Hall–Kier alpha value is -4.01. The highest BCUT2D eigenvalue weighted by atomic mass is 19.3. The van der Waals surface area contributed by atoms with E-state index in [0.717, 1.165) is 35.4 Å². The van der Waals surface area contributed by atoms with Crippen LogP contribution in [0.1, 0.15) is 37.3 Å². The van der Waals surface area contributed by atoms with Crippen molar-refractivity contribution in [3.05, 3.63) is 72.6 Å². The van der Waals surface area contributed by atoms with Gasteiger partial charge in [0.25, 0.3) is 0 Å². The second-order valence-electron chi connectivity index (χ2n) is 9.88. The van der Waals surface area contributed by atoms with Gasteiger partial charge in [0.05, 0.1) is 11.4 Å². The van der Waals surface area contributed by atoms with Gasteiger partial charge in [0.15, 0.2) is 0 Å². The van der Waals surface area contributed by atoms with Crippen molar-refractivity contribution >= 4 is 22.6 Å². The molecule has 1 amide bonds. The molecular weight excluding hydrogens is 476 g/mol. The van der Waals surface area contributed by atoms with Gasteiger partial charge in [-0.05, 0) is 55.3 Å². The van der Waals surface area contributed by atoms with Gasteiger partial charge in [-0.3, -0.25) is 4.79 Å². The number of nitrogens with zero attached hydrogens (tertiary/aromatic N) is 4. The number of carbonyl (C=O) groups is 1. The molecule has 3 heterocycles. The normalized spacial score (nSPS) is 19.5. The number of carbonyl (C=O) groups excluding carboxylic acids is 1. The molecule has 0 unspecified atom stereocenters. The van der Waals surface area contributed by atoms with E-state index < -0.39 is 11.8 Å². The molecule has 1 saturated heterocycles. The maximum absolute atomic E-state index is 13.4. The van der Waals surface area contributed by atoms with Crippen LogP contribution < -0.4 is 10.5 Å². The molecule has 9 heteroatoms. The second kappa shape index (κ2) is 9.14. The Morgan fingerprint density at radius 1 is 1.03 bits per heavy atom. The number of piperidine rings is 1. The lowest BCUT2D eigenvalue weighted by Gasteiger charge is -2.40. The fourth-order valence-electron chi connectivity index (χ4n) is 5.37. The van der Waals surface area contributed by atoms with Crippen LogP contribution in [0.4, 0.5) is 14.6 Å². The SMILES string of the molecule is Nc1nccc2c([C@@H]3CCCN(C(=O)C4CC(F)(F)C4)C3)nn(-c3ccc(Oc4ccccc4)cc3)c12. The number of benzene rings is 2. The van der Waals surface area contributed by atoms with Crippen molar-refractivity contribution in [2.24, 2.45) is 5.92 Å². The average molecular weight is 504 g/mol. The molecule has 6 rings (SSSR count). The summed E-state index contributed by atoms with van der Waals surface area (Å²) in [5.74, 6) is -1.69. The van der Waals surface area contributed by atoms with Gasteiger partial charge in [-0.2, -0.15) is 5.10 Å². The first kappa shape index (κ1) is 23.4. The summed E-state index contributed by atoms with van der Waals surface area (Å²) in [6.07, 6.45) is 2.60. The molecule has 4 aromatic rings. The lowest BCUT2D eigenvalue weighted by Crippen LogP contribution is -2.49. The molecule has 2 aromatic heterocycles. The van der Waals surface area contributed by atoms with E-state index in [-0.39, 0.29) is 24.7 Å². The van der Waals surface area contributed by atoms with Gasteiger partial charge in [0.1, 0.15) is 22.8 Å². The quantitative estimate of drug-likeness (QED) is 0.386. The van der Waals surface area contributed by atoms with Crippen molar-refractivity contribution in [3.63, 3.8) is 0 Å². The smallest absolute Gasteiger partial charge is 0.249 e. The molecule has 1 saturated carbocycles. The number of fused-ring (bicyclic) bond motifs is 1. The largest absolute Gasteiger partial charge is 0.457 e. The highest BCUT2D eigenvalue weighted by Crippen LogP contribution is 2.44. The first-order valence-corrected chi connectivity index (χ1v) is 12.5. The molecule has 0 radical (unpaired) electrons. The van der Waals surface area contributed by atoms with E-state index in [9.17, 15) is 13.6 Å². The number of alkyl halides is 2. The summed E-state index contributed by atoms with van der Waals surface area (Å²) in [5.41, 5.74) is 8.65. The van der Waals surface area contributed by atoms with Crippen LogP contribution in [-0.4, -0.2) is 44.6 Å². The van der Waals surface area contributed by atoms with E-state index in [1.54, 1.807) is 15.8 Å². The van der Waals surface area contributed by atoms with E-state index in [1.807, 2.05) is 60.7 Å². The van der Waals surface area contributed by atoms with Gasteiger partial charge >= 0.3 is 0 Å². The molecular formula is C28H27F2N5O2. The number of pyridine rings is 1. The van der Waals surface area contributed by atoms with E-state index in [1.165, 1.54) is 0 Å². The molecule has 0 spiro atoms. The van der Waals surface area contributed by atoms with E-state index in [0.29, 0.717) is 30.2 Å². The Bertz CT molecular complexity index is 1430. The summed E-state index contributed by atoms with van der Waals surface area (Å²) in [6.45, 7) is 1.04. The Morgan fingerprint density at radius 3 is 2.49 bits per heavy atom. The molecule has 7 nitrogen and oxygen atoms in total. The number of hydrogen-bond acceptors (Lipinski definition) is 5. The van der Waals surface area contributed by atoms with Crippen molar-refractivity contribution in [1.82, 2.24) is 19.7 Å². The number of anilines is 1. The van der Waals surface area contributed by atoms with Gasteiger partial charge < -0.3 is 15.4 Å². The summed E-state index contributed by atoms with van der Waals surface area (Å²) in [5, 5.41) is 5.83. The summed E-state index contributed by atoms with van der Waals surface area (Å²) in [6, 6.07) is 19.0. The monoisotopic (exact) mass is 503 g/mol. The average Bonchev–Trinajstić information content (AvgIpc) is 3.29. The maximum atomic E-state index is 13.4. The lowest BCUT2D eigenvalue weighted by molar-refractivity contribution is -0.160. The molecule has 0 bridgehead atoms. The predicted molar refractivity (Wildman–Crippen MR) is 136 cm³/mol. The first-order chi connectivity index (χ1) is 17.9. The van der Waals surface area contributed by atoms with Gasteiger partial charge in [-0.1, -0.05) is 18.2 Å². The van der Waals surface area contributed by atoms with Crippen LogP contribution in [-0.2, 0) is 4.79 Å². The van der Waals surface area contributed by atoms with Crippen molar-refractivity contribution in [2.45, 2.75) is 37.5 Å². The summed E-state index contributed by atoms with van der Waals surface area (Å²) < 4.78 is 34.4. The number of ether oxygens (including phenoxy) is 1. The number of likely N-dealkylation sites (tertiary alicyclic amines) is 1. The molecule has 2 N–H and O–H groups in total. The predicted octanol–water partition coefficient (Wildman–Crippen LogP) is 5.55. The number of nitrogen functional groups attached to an aromatic ring is 1. The summed E-state index contributed by atoms with van der Waals surface area (Å²) >= 11 is 0. The zero-order chi connectivity index (χ0) is 25.6. The summed E-state index contributed by atoms with van der Waals surface area (Å²) in [4.78, 5) is 18.9. The Kier molecular flexibility index (Phi) is 5.78. The van der Waals surface area contributed by atoms with E-state index >= 15 is 0 Å². The molecule has 1 aliphatic carbocycles. The fraction of sp³-hybridized carbons (Fsp3) is 0.321. The zero-order valence-corrected chi connectivity index (χ0v) is 20.2. The Balaban J connectivity index is 1.28. The minimum absolute atomic E-state index is 0.0236. The number of amides is 1. The Labute approximate surface area is 212 Å². The van der Waals surface area contributed by atoms with Crippen molar-refractivity contribution in [1.29, 1.82) is 0 Å². The minimum atomic E-state index is -2.71. The summed E-state index contributed by atoms with van der Waals surface area (Å²) in [7, 11) is 0. The molecule has 1 atom stereocenters. The first-order valence-electron chi connectivity index (χ1n) is 12.5. The van der Waals surface area contributed by atoms with Crippen molar-refractivity contribution < 1.29 is 18.3 Å². The van der Waals surface area contributed by atoms with Crippen LogP contribution in [0.15, 0.2) is 66.9 Å². The third-order valence-corrected chi connectivity index (χ3v) is 7.27. The van der Waals surface area contributed by atoms with Crippen LogP contribution in [0.3, 0.4) is 0 Å². The third-order valence-electron chi connectivity index (χ3n) is 7.27. The third kappa shape index (κ3) is 4.50. The molecule has 2 aromatic carbocycles. The van der Waals surface area contributed by atoms with Crippen LogP contribution in [0, 0.1) is 5.92 Å². The number of halogens is 2. The molecule has 190 valence electrons. The van der Waals surface area contributed by atoms with Crippen LogP contribution in [0.2, 0.25) is 0 Å². The number of hydrogen-bond donors (Lipinski definition) is 1. The highest BCUT2D eigenvalue weighted by Gasteiger charge is 2.50. The maximum Gasteiger partial charge on any atom is 0.249 e. The second-order valence-corrected chi connectivity index (χ2v) is 9.88. The van der Waals surface area contributed by atoms with Crippen molar-refractivity contribution in [3.8, 4) is 17.2 Å². The molecule has 2 fully saturated rings. The van der Waals surface area contributed by atoms with Crippen LogP contribution >= 0.6 is 0 Å². The number of rotatable bonds is 5. The number of para-hydroxylation sites is 1. The molecule has 37 heavy (non-hydrogen) atoms.